The summed E-state index contributed by atoms with van der Waals surface area (Å²) in [5, 5.41) is 15.1. The lowest BCUT2D eigenvalue weighted by Gasteiger charge is -2.37. The Balaban J connectivity index is 1.94. The molecule has 5 nitrogen and oxygen atoms in total. The zero-order valence-electron chi connectivity index (χ0n) is 20.7. The fourth-order valence-corrected chi connectivity index (χ4v) is 4.99. The monoisotopic (exact) mass is 528 g/mol. The summed E-state index contributed by atoms with van der Waals surface area (Å²) in [5.74, 6) is -6.94. The van der Waals surface area contributed by atoms with Gasteiger partial charge in [0, 0.05) is 24.9 Å². The van der Waals surface area contributed by atoms with Crippen molar-refractivity contribution in [1.82, 2.24) is 10.6 Å². The van der Waals surface area contributed by atoms with Crippen molar-refractivity contribution in [2.75, 3.05) is 0 Å². The first kappa shape index (κ1) is 27.2. The van der Waals surface area contributed by atoms with Gasteiger partial charge in [0.05, 0.1) is 11.1 Å². The third kappa shape index (κ3) is 5.98. The summed E-state index contributed by atoms with van der Waals surface area (Å²) in [5.41, 5.74) is -2.28. The Morgan fingerprint density at radius 1 is 0.921 bits per heavy atom. The summed E-state index contributed by atoms with van der Waals surface area (Å²) in [4.78, 5) is 24.8. The maximum absolute atomic E-state index is 15.0. The van der Waals surface area contributed by atoms with E-state index in [4.69, 9.17) is 0 Å². The average Bonchev–Trinajstić information content (AvgIpc) is 3.36. The van der Waals surface area contributed by atoms with Crippen LogP contribution >= 0.6 is 0 Å². The van der Waals surface area contributed by atoms with Gasteiger partial charge >= 0.3 is 12.0 Å². The van der Waals surface area contributed by atoms with Crippen molar-refractivity contribution < 1.29 is 32.3 Å². The van der Waals surface area contributed by atoms with E-state index >= 15 is 0 Å². The van der Waals surface area contributed by atoms with Gasteiger partial charge in [0.2, 0.25) is 0 Å². The molecule has 1 atom stereocenters. The number of nitrogens with one attached hydrogen (secondary N) is 2. The van der Waals surface area contributed by atoms with Crippen molar-refractivity contribution in [3.63, 3.8) is 0 Å². The van der Waals surface area contributed by atoms with Crippen molar-refractivity contribution in [3.8, 4) is 0 Å². The van der Waals surface area contributed by atoms with E-state index in [1.807, 2.05) is 0 Å². The van der Waals surface area contributed by atoms with E-state index in [0.29, 0.717) is 18.6 Å². The summed E-state index contributed by atoms with van der Waals surface area (Å²) in [7, 11) is 0. The van der Waals surface area contributed by atoms with E-state index in [1.165, 1.54) is 6.07 Å². The van der Waals surface area contributed by atoms with E-state index in [-0.39, 0.29) is 23.6 Å². The number of carboxylic acid groups (broad SMARTS) is 1. The van der Waals surface area contributed by atoms with Crippen LogP contribution in [0.2, 0.25) is 0 Å². The fraction of sp³-hybridized carbons (Fsp3) is 0.310. The van der Waals surface area contributed by atoms with Crippen molar-refractivity contribution in [2.45, 2.75) is 56.5 Å². The molecule has 0 bridgehead atoms. The lowest BCUT2D eigenvalue weighted by atomic mass is 9.77. The topological polar surface area (TPSA) is 78.4 Å². The molecular weight excluding hydrogens is 500 g/mol. The van der Waals surface area contributed by atoms with Crippen molar-refractivity contribution in [1.29, 1.82) is 0 Å². The zero-order chi connectivity index (χ0) is 27.5. The smallest absolute Gasteiger partial charge is 0.338 e. The Morgan fingerprint density at radius 3 is 2.18 bits per heavy atom. The molecular formula is C29H28F4N2O3. The zero-order valence-corrected chi connectivity index (χ0v) is 20.7. The highest BCUT2D eigenvalue weighted by molar-refractivity contribution is 5.88. The van der Waals surface area contributed by atoms with E-state index in [2.05, 4.69) is 10.6 Å². The molecule has 0 spiro atoms. The molecule has 1 saturated carbocycles. The molecule has 4 rings (SSSR count). The number of carbonyl (C=O) groups is 2. The number of urea groups is 1. The molecule has 9 heteroatoms. The molecule has 0 aromatic heterocycles. The minimum Gasteiger partial charge on any atom is -0.478 e. The molecule has 3 aromatic rings. The lowest BCUT2D eigenvalue weighted by molar-refractivity contribution is 0.0170. The van der Waals surface area contributed by atoms with Gasteiger partial charge in [0.15, 0.2) is 0 Å². The van der Waals surface area contributed by atoms with Crippen LogP contribution in [0.1, 0.15) is 65.2 Å². The van der Waals surface area contributed by atoms with E-state index in [9.17, 15) is 32.3 Å². The summed E-state index contributed by atoms with van der Waals surface area (Å²) in [6.45, 7) is 0.631. The number of aromatic carboxylic acids is 1. The number of benzene rings is 3. The molecule has 0 saturated heterocycles. The summed E-state index contributed by atoms with van der Waals surface area (Å²) < 4.78 is 58.6. The largest absolute Gasteiger partial charge is 0.478 e. The van der Waals surface area contributed by atoms with Crippen LogP contribution in [0, 0.1) is 11.6 Å². The van der Waals surface area contributed by atoms with Crippen LogP contribution in [-0.2, 0) is 17.9 Å². The molecule has 1 aliphatic rings. The van der Waals surface area contributed by atoms with E-state index in [1.54, 1.807) is 30.3 Å². The second-order valence-corrected chi connectivity index (χ2v) is 9.76. The number of carboxylic acids is 1. The standard InChI is InChI=1S/C29H28F4N2O3/c1-28(32,33)20-13-21(15-22(30)14-20)29(17-18-7-3-2-4-8-18,35-27(38)34-23-9-5-6-10-23)19-11-12-24(26(36)37)25(31)16-19/h2-4,7-8,11-16,23H,5-6,9-10,17H2,1H3,(H,36,37)(H2,34,35,38). The highest BCUT2D eigenvalue weighted by atomic mass is 19.3. The van der Waals surface area contributed by atoms with Gasteiger partial charge in [-0.3, -0.25) is 0 Å². The lowest BCUT2D eigenvalue weighted by Crippen LogP contribution is -2.53. The SMILES string of the molecule is CC(F)(F)c1cc(F)cc(C(Cc2ccccc2)(NC(=O)NC2CCCC2)c2ccc(C(=O)O)c(F)c2)c1. The van der Waals surface area contributed by atoms with Gasteiger partial charge in [0.25, 0.3) is 5.92 Å². The van der Waals surface area contributed by atoms with Gasteiger partial charge in [-0.2, -0.15) is 0 Å². The Kier molecular flexibility index (Phi) is 7.76. The first-order valence-corrected chi connectivity index (χ1v) is 12.3. The van der Waals surface area contributed by atoms with Crippen LogP contribution in [0.5, 0.6) is 0 Å². The van der Waals surface area contributed by atoms with Gasteiger partial charge in [-0.25, -0.2) is 27.2 Å². The minimum atomic E-state index is -3.40. The Morgan fingerprint density at radius 2 is 1.58 bits per heavy atom. The summed E-state index contributed by atoms with van der Waals surface area (Å²) >= 11 is 0. The van der Waals surface area contributed by atoms with E-state index < -0.39 is 46.2 Å². The maximum Gasteiger partial charge on any atom is 0.338 e. The quantitative estimate of drug-likeness (QED) is 0.292. The van der Waals surface area contributed by atoms with Crippen LogP contribution in [-0.4, -0.2) is 23.1 Å². The molecule has 200 valence electrons. The second kappa shape index (κ2) is 10.8. The van der Waals surface area contributed by atoms with Crippen LogP contribution in [0.4, 0.5) is 22.4 Å². The van der Waals surface area contributed by atoms with Crippen LogP contribution in [0.15, 0.2) is 66.7 Å². The Labute approximate surface area is 217 Å². The molecule has 1 unspecified atom stereocenters. The molecule has 0 radical (unpaired) electrons. The van der Waals surface area contributed by atoms with Crippen molar-refractivity contribution in [3.05, 3.63) is 106 Å². The third-order valence-electron chi connectivity index (χ3n) is 6.92. The highest BCUT2D eigenvalue weighted by Crippen LogP contribution is 2.38. The molecule has 3 N–H and O–H groups in total. The van der Waals surface area contributed by atoms with E-state index in [0.717, 1.165) is 49.9 Å². The molecule has 2 amide bonds. The van der Waals surface area contributed by atoms with Crippen molar-refractivity contribution in [2.24, 2.45) is 0 Å². The molecule has 0 heterocycles. The van der Waals surface area contributed by atoms with Crippen LogP contribution in [0.25, 0.3) is 0 Å². The van der Waals surface area contributed by atoms with Crippen LogP contribution < -0.4 is 10.6 Å². The highest BCUT2D eigenvalue weighted by Gasteiger charge is 2.40. The number of hydrogen-bond donors (Lipinski definition) is 3. The number of alkyl halides is 2. The maximum atomic E-state index is 15.0. The van der Waals surface area contributed by atoms with Gasteiger partial charge < -0.3 is 15.7 Å². The Bertz CT molecular complexity index is 1320. The number of hydrogen-bond acceptors (Lipinski definition) is 2. The molecule has 1 fully saturated rings. The Hall–Kier alpha value is -3.88. The number of rotatable bonds is 8. The van der Waals surface area contributed by atoms with Crippen molar-refractivity contribution >= 4 is 12.0 Å². The molecule has 38 heavy (non-hydrogen) atoms. The second-order valence-electron chi connectivity index (χ2n) is 9.76. The number of carbonyl (C=O) groups excluding carboxylic acids is 1. The first-order valence-electron chi connectivity index (χ1n) is 12.3. The molecule has 1 aliphatic carbocycles. The normalized spacial score (nSPS) is 15.6. The van der Waals surface area contributed by atoms with Gasteiger partial charge in [0.1, 0.15) is 11.6 Å². The summed E-state index contributed by atoms with van der Waals surface area (Å²) in [6, 6.07) is 14.1. The fourth-order valence-electron chi connectivity index (χ4n) is 4.99. The first-order chi connectivity index (χ1) is 18.0. The average molecular weight is 529 g/mol. The van der Waals surface area contributed by atoms with Gasteiger partial charge in [-0.05, 0) is 59.9 Å². The number of amides is 2. The molecule has 0 aliphatic heterocycles. The van der Waals surface area contributed by atoms with Gasteiger partial charge in [-0.1, -0.05) is 49.2 Å². The summed E-state index contributed by atoms with van der Waals surface area (Å²) in [6.07, 6.45) is 3.37. The minimum absolute atomic E-state index is 0.0399. The third-order valence-corrected chi connectivity index (χ3v) is 6.92. The number of halogens is 4. The van der Waals surface area contributed by atoms with Crippen LogP contribution in [0.3, 0.4) is 0 Å². The predicted octanol–water partition coefficient (Wildman–Crippen LogP) is 6.50. The van der Waals surface area contributed by atoms with Gasteiger partial charge in [-0.15, -0.1) is 0 Å². The predicted molar refractivity (Wildman–Crippen MR) is 134 cm³/mol. The molecule has 3 aromatic carbocycles.